The molecule has 8 heteroatoms. The molecule has 6 nitrogen and oxygen atoms in total. The van der Waals surface area contributed by atoms with Crippen LogP contribution in [-0.2, 0) is 14.8 Å². The number of carbonyl (C=O) groups is 3. The standard InChI is InChI=1S/C23H17FIN3O3/c24-18-8-5-15-11-25(20(29)19(15)10-18)13-23(21(30)27-22(31)28-23)17-6-3-14(4-7-17)16-2-1-9-26-12-16/h1-10,12H,11,13H2,(H2,27,28,30,31)/t23-/m0/s1. The van der Waals surface area contributed by atoms with Crippen molar-refractivity contribution in [3.63, 3.8) is 0 Å². The molecule has 2 N–H and O–H groups in total. The molecular weight excluding hydrogens is 512 g/mol. The SMILES string of the molecule is O=C1NC(=O)[C@](CI2Cc3ccc(F)cc3C2=O)(c2ccc(-c3cccnc3)cc2)N1. The molecule has 1 saturated heterocycles. The summed E-state index contributed by atoms with van der Waals surface area (Å²) < 4.78 is 14.4. The molecule has 31 heavy (non-hydrogen) atoms. The Morgan fingerprint density at radius 2 is 1.84 bits per heavy atom. The van der Waals surface area contributed by atoms with Crippen LogP contribution >= 0.6 is 19.8 Å². The third kappa shape index (κ3) is 3.40. The first kappa shape index (κ1) is 19.8. The van der Waals surface area contributed by atoms with Crippen LogP contribution in [0.1, 0.15) is 21.5 Å². The van der Waals surface area contributed by atoms with Crippen LogP contribution in [0.4, 0.5) is 9.18 Å². The van der Waals surface area contributed by atoms with E-state index in [1.807, 2.05) is 24.3 Å². The van der Waals surface area contributed by atoms with Gasteiger partial charge in [0.05, 0.1) is 0 Å². The quantitative estimate of drug-likeness (QED) is 0.233. The Hall–Kier alpha value is -3.14. The third-order valence-electron chi connectivity index (χ3n) is 5.51. The zero-order chi connectivity index (χ0) is 21.6. The summed E-state index contributed by atoms with van der Waals surface area (Å²) >= 11 is -2.41. The number of carbonyl (C=O) groups excluding carboxylic acids is 3. The summed E-state index contributed by atoms with van der Waals surface area (Å²) in [7, 11) is 0. The number of imide groups is 1. The number of hydrogen-bond donors (Lipinski definition) is 2. The molecule has 156 valence electrons. The van der Waals surface area contributed by atoms with E-state index in [0.717, 1.165) is 16.7 Å². The van der Waals surface area contributed by atoms with Crippen molar-refractivity contribution in [1.82, 2.24) is 15.6 Å². The van der Waals surface area contributed by atoms with Crippen LogP contribution in [-0.4, -0.2) is 25.1 Å². The Labute approximate surface area is 184 Å². The molecule has 0 spiro atoms. The predicted molar refractivity (Wildman–Crippen MR) is 121 cm³/mol. The van der Waals surface area contributed by atoms with Crippen molar-refractivity contribution in [3.8, 4) is 11.1 Å². The van der Waals surface area contributed by atoms with Gasteiger partial charge in [0.15, 0.2) is 0 Å². The van der Waals surface area contributed by atoms with Crippen LogP contribution in [0.25, 0.3) is 11.1 Å². The number of amides is 3. The van der Waals surface area contributed by atoms with Gasteiger partial charge in [-0.25, -0.2) is 0 Å². The number of aromatic nitrogens is 1. The number of pyridine rings is 1. The van der Waals surface area contributed by atoms with E-state index < -0.39 is 43.1 Å². The number of nitrogens with zero attached hydrogens (tertiary/aromatic N) is 1. The molecule has 2 aromatic carbocycles. The molecule has 1 atom stereocenters. The summed E-state index contributed by atoms with van der Waals surface area (Å²) in [5.41, 5.74) is 2.42. The molecule has 0 bridgehead atoms. The molecule has 0 aliphatic carbocycles. The van der Waals surface area contributed by atoms with Gasteiger partial charge in [-0.15, -0.1) is 0 Å². The van der Waals surface area contributed by atoms with Crippen molar-refractivity contribution >= 4 is 35.5 Å². The van der Waals surface area contributed by atoms with Gasteiger partial charge in [0, 0.05) is 0 Å². The van der Waals surface area contributed by atoms with Crippen molar-refractivity contribution in [2.24, 2.45) is 0 Å². The van der Waals surface area contributed by atoms with Crippen LogP contribution in [0.15, 0.2) is 67.0 Å². The van der Waals surface area contributed by atoms with Crippen LogP contribution in [0, 0.1) is 5.82 Å². The van der Waals surface area contributed by atoms with Gasteiger partial charge in [0.2, 0.25) is 0 Å². The molecule has 0 unspecified atom stereocenters. The Balaban J connectivity index is 1.49. The Morgan fingerprint density at radius 3 is 2.52 bits per heavy atom. The van der Waals surface area contributed by atoms with Gasteiger partial charge < -0.3 is 0 Å². The molecule has 1 fully saturated rings. The second kappa shape index (κ2) is 7.52. The van der Waals surface area contributed by atoms with Crippen LogP contribution in [0.3, 0.4) is 0 Å². The number of fused-ring (bicyclic) bond motifs is 1. The van der Waals surface area contributed by atoms with Crippen LogP contribution in [0.2, 0.25) is 0 Å². The Bertz CT molecular complexity index is 1220. The molecule has 0 radical (unpaired) electrons. The van der Waals surface area contributed by atoms with Gasteiger partial charge in [-0.1, -0.05) is 0 Å². The van der Waals surface area contributed by atoms with Crippen molar-refractivity contribution in [2.75, 3.05) is 4.43 Å². The van der Waals surface area contributed by atoms with Crippen LogP contribution in [0.5, 0.6) is 0 Å². The van der Waals surface area contributed by atoms with Gasteiger partial charge in [-0.2, -0.15) is 0 Å². The Kier molecular flexibility index (Phi) is 4.81. The summed E-state index contributed by atoms with van der Waals surface area (Å²) in [6, 6.07) is 14.8. The average Bonchev–Trinajstić information content (AvgIpc) is 3.24. The Morgan fingerprint density at radius 1 is 1.03 bits per heavy atom. The number of benzene rings is 2. The first-order valence-corrected chi connectivity index (χ1v) is 13.7. The minimum atomic E-state index is -2.41. The molecule has 5 rings (SSSR count). The van der Waals surface area contributed by atoms with Gasteiger partial charge >= 0.3 is 185 Å². The van der Waals surface area contributed by atoms with E-state index in [-0.39, 0.29) is 8.22 Å². The molecule has 1 aromatic heterocycles. The molecule has 3 aromatic rings. The van der Waals surface area contributed by atoms with Crippen molar-refractivity contribution < 1.29 is 18.8 Å². The number of alkyl halides is 2. The number of nitrogens with one attached hydrogen (secondary N) is 2. The predicted octanol–water partition coefficient (Wildman–Crippen LogP) is 3.78. The van der Waals surface area contributed by atoms with E-state index >= 15 is 0 Å². The molecule has 0 saturated carbocycles. The van der Waals surface area contributed by atoms with Crippen molar-refractivity contribution in [2.45, 2.75) is 9.97 Å². The molecule has 3 heterocycles. The normalized spacial score (nSPS) is 21.1. The van der Waals surface area contributed by atoms with E-state index in [0.29, 0.717) is 15.6 Å². The van der Waals surface area contributed by atoms with Crippen molar-refractivity contribution in [1.29, 1.82) is 0 Å². The van der Waals surface area contributed by atoms with Gasteiger partial charge in [0.1, 0.15) is 0 Å². The average molecular weight is 529 g/mol. The van der Waals surface area contributed by atoms with Gasteiger partial charge in [-0.05, 0) is 0 Å². The minimum absolute atomic E-state index is 0.0565. The second-order valence-corrected chi connectivity index (χ2v) is 12.5. The van der Waals surface area contributed by atoms with Crippen LogP contribution < -0.4 is 10.6 Å². The third-order valence-corrected chi connectivity index (χ3v) is 11.3. The first-order chi connectivity index (χ1) is 15.0. The summed E-state index contributed by atoms with van der Waals surface area (Å²) in [6.45, 7) is 0. The summed E-state index contributed by atoms with van der Waals surface area (Å²) in [5.74, 6) is -0.906. The number of hydrogen-bond acceptors (Lipinski definition) is 4. The monoisotopic (exact) mass is 529 g/mol. The second-order valence-electron chi connectivity index (χ2n) is 7.43. The summed E-state index contributed by atoms with van der Waals surface area (Å²) in [6.07, 6.45) is 3.44. The topological polar surface area (TPSA) is 88.2 Å². The maximum absolute atomic E-state index is 13.6. The van der Waals surface area contributed by atoms with E-state index in [2.05, 4.69) is 15.6 Å². The van der Waals surface area contributed by atoms with E-state index in [9.17, 15) is 18.8 Å². The van der Waals surface area contributed by atoms with E-state index in [4.69, 9.17) is 0 Å². The number of rotatable bonds is 4. The van der Waals surface area contributed by atoms with E-state index in [1.165, 1.54) is 12.1 Å². The number of halogens is 2. The zero-order valence-electron chi connectivity index (χ0n) is 16.2. The fraction of sp³-hybridized carbons (Fsp3) is 0.130. The summed E-state index contributed by atoms with van der Waals surface area (Å²) in [4.78, 5) is 42.1. The van der Waals surface area contributed by atoms with Gasteiger partial charge in [0.25, 0.3) is 0 Å². The van der Waals surface area contributed by atoms with Gasteiger partial charge in [-0.3, -0.25) is 0 Å². The fourth-order valence-corrected chi connectivity index (χ4v) is 10.2. The van der Waals surface area contributed by atoms with E-state index in [1.54, 1.807) is 30.6 Å². The fourth-order valence-electron chi connectivity index (χ4n) is 3.92. The zero-order valence-corrected chi connectivity index (χ0v) is 18.4. The van der Waals surface area contributed by atoms with Crippen molar-refractivity contribution in [3.05, 3.63) is 89.5 Å². The first-order valence-electron chi connectivity index (χ1n) is 9.55. The maximum atomic E-state index is 13.6. The number of urea groups is 1. The summed E-state index contributed by atoms with van der Waals surface area (Å²) in [5, 5.41) is 5.11. The molecule has 2 aliphatic heterocycles. The molecular formula is C23H17FIN3O3. The molecule has 2 aliphatic rings. The molecule has 3 amide bonds.